The number of halogens is 2. The van der Waals surface area contributed by atoms with Gasteiger partial charge < -0.3 is 5.73 Å². The zero-order valence-electron chi connectivity index (χ0n) is 10.1. The maximum absolute atomic E-state index is 12.4. The van der Waals surface area contributed by atoms with Gasteiger partial charge in [0.2, 0.25) is 0 Å². The molecule has 0 saturated heterocycles. The highest BCUT2D eigenvalue weighted by molar-refractivity contribution is 9.11. The van der Waals surface area contributed by atoms with E-state index in [9.17, 15) is 9.59 Å². The van der Waals surface area contributed by atoms with Crippen LogP contribution in [-0.4, -0.2) is 11.8 Å². The van der Waals surface area contributed by atoms with Gasteiger partial charge in [0.1, 0.15) is 0 Å². The Labute approximate surface area is 131 Å². The largest absolute Gasteiger partial charge is 0.397 e. The van der Waals surface area contributed by atoms with E-state index in [0.717, 1.165) is 4.90 Å². The van der Waals surface area contributed by atoms with Gasteiger partial charge in [0.25, 0.3) is 11.8 Å². The van der Waals surface area contributed by atoms with Gasteiger partial charge in [-0.2, -0.15) is 0 Å². The molecular weight excluding hydrogens is 388 g/mol. The van der Waals surface area contributed by atoms with Crippen LogP contribution in [0.5, 0.6) is 0 Å². The molecule has 2 N–H and O–H groups in total. The molecule has 0 bridgehead atoms. The van der Waals surface area contributed by atoms with E-state index in [-0.39, 0.29) is 11.8 Å². The highest BCUT2D eigenvalue weighted by Crippen LogP contribution is 2.36. The summed E-state index contributed by atoms with van der Waals surface area (Å²) < 4.78 is 1.25. The normalized spacial score (nSPS) is 13.8. The van der Waals surface area contributed by atoms with Gasteiger partial charge in [-0.05, 0) is 56.1 Å². The smallest absolute Gasteiger partial charge is 0.266 e. The third-order valence-corrected chi connectivity index (χ3v) is 4.43. The SMILES string of the molecule is Nc1c(Br)cc(N2C(=O)c3ccccc3C2=O)cc1Br. The lowest BCUT2D eigenvalue weighted by molar-refractivity contribution is 0.0926. The molecule has 0 aliphatic carbocycles. The predicted octanol–water partition coefficient (Wildman–Crippen LogP) is 3.59. The molecular formula is C14H8Br2N2O2. The molecule has 3 rings (SSSR count). The zero-order valence-corrected chi connectivity index (χ0v) is 13.2. The van der Waals surface area contributed by atoms with Crippen molar-refractivity contribution < 1.29 is 9.59 Å². The Morgan fingerprint density at radius 1 is 0.900 bits per heavy atom. The fourth-order valence-corrected chi connectivity index (χ4v) is 3.29. The van der Waals surface area contributed by atoms with E-state index in [2.05, 4.69) is 31.9 Å². The molecule has 2 aromatic carbocycles. The first-order valence-electron chi connectivity index (χ1n) is 5.73. The number of fused-ring (bicyclic) bond motifs is 1. The Balaban J connectivity index is 2.14. The Kier molecular flexibility index (Phi) is 3.14. The summed E-state index contributed by atoms with van der Waals surface area (Å²) in [5, 5.41) is 0. The Morgan fingerprint density at radius 3 is 1.80 bits per heavy atom. The summed E-state index contributed by atoms with van der Waals surface area (Å²) in [6.07, 6.45) is 0. The lowest BCUT2D eigenvalue weighted by Gasteiger charge is -2.15. The van der Waals surface area contributed by atoms with Crippen molar-refractivity contribution in [3.8, 4) is 0 Å². The highest BCUT2D eigenvalue weighted by Gasteiger charge is 2.36. The minimum atomic E-state index is -0.325. The number of amides is 2. The summed E-state index contributed by atoms with van der Waals surface area (Å²) >= 11 is 6.63. The first-order valence-corrected chi connectivity index (χ1v) is 7.31. The molecule has 0 radical (unpaired) electrons. The van der Waals surface area contributed by atoms with E-state index < -0.39 is 0 Å². The van der Waals surface area contributed by atoms with Gasteiger partial charge in [-0.25, -0.2) is 4.90 Å². The van der Waals surface area contributed by atoms with Gasteiger partial charge >= 0.3 is 0 Å². The van der Waals surface area contributed by atoms with Crippen molar-refractivity contribution in [2.24, 2.45) is 0 Å². The van der Waals surface area contributed by atoms with Crippen molar-refractivity contribution in [1.29, 1.82) is 0 Å². The fraction of sp³-hybridized carbons (Fsp3) is 0. The standard InChI is InChI=1S/C14H8Br2N2O2/c15-10-5-7(6-11(16)12(10)17)18-13(19)8-3-1-2-4-9(8)14(18)20/h1-6H,17H2. The lowest BCUT2D eigenvalue weighted by Crippen LogP contribution is -2.29. The topological polar surface area (TPSA) is 63.4 Å². The van der Waals surface area contributed by atoms with Crippen molar-refractivity contribution in [2.75, 3.05) is 10.6 Å². The van der Waals surface area contributed by atoms with E-state index >= 15 is 0 Å². The second-order valence-electron chi connectivity index (χ2n) is 4.31. The number of carbonyl (C=O) groups excluding carboxylic acids is 2. The van der Waals surface area contributed by atoms with Crippen molar-refractivity contribution in [3.63, 3.8) is 0 Å². The quantitative estimate of drug-likeness (QED) is 0.592. The molecule has 0 unspecified atom stereocenters. The highest BCUT2D eigenvalue weighted by atomic mass is 79.9. The van der Waals surface area contributed by atoms with Crippen LogP contribution in [0.1, 0.15) is 20.7 Å². The van der Waals surface area contributed by atoms with Gasteiger partial charge in [0.15, 0.2) is 0 Å². The molecule has 1 aliphatic heterocycles. The lowest BCUT2D eigenvalue weighted by atomic mass is 10.1. The Morgan fingerprint density at radius 2 is 1.35 bits per heavy atom. The maximum Gasteiger partial charge on any atom is 0.266 e. The molecule has 0 fully saturated rings. The zero-order chi connectivity index (χ0) is 14.4. The van der Waals surface area contributed by atoms with Crippen molar-refractivity contribution in [2.45, 2.75) is 0 Å². The second-order valence-corrected chi connectivity index (χ2v) is 6.02. The summed E-state index contributed by atoms with van der Waals surface area (Å²) in [5.74, 6) is -0.650. The number of carbonyl (C=O) groups is 2. The third kappa shape index (κ3) is 1.87. The maximum atomic E-state index is 12.4. The van der Waals surface area contributed by atoms with Crippen LogP contribution in [0.2, 0.25) is 0 Å². The molecule has 0 aromatic heterocycles. The molecule has 20 heavy (non-hydrogen) atoms. The van der Waals surface area contributed by atoms with E-state index in [0.29, 0.717) is 31.4 Å². The summed E-state index contributed by atoms with van der Waals surface area (Å²) in [6, 6.07) is 10.1. The van der Waals surface area contributed by atoms with Crippen LogP contribution < -0.4 is 10.6 Å². The summed E-state index contributed by atoms with van der Waals surface area (Å²) in [7, 11) is 0. The monoisotopic (exact) mass is 394 g/mol. The molecule has 100 valence electrons. The molecule has 2 aromatic rings. The molecule has 0 atom stereocenters. The van der Waals surface area contributed by atoms with Gasteiger partial charge in [-0.15, -0.1) is 0 Å². The van der Waals surface area contributed by atoms with Crippen molar-refractivity contribution in [3.05, 3.63) is 56.5 Å². The fourth-order valence-electron chi connectivity index (χ4n) is 2.12. The molecule has 0 saturated carbocycles. The molecule has 1 aliphatic rings. The average molecular weight is 396 g/mol. The molecule has 1 heterocycles. The van der Waals surface area contributed by atoms with Gasteiger partial charge in [-0.3, -0.25) is 9.59 Å². The van der Waals surface area contributed by atoms with Gasteiger partial charge in [0, 0.05) is 8.95 Å². The summed E-state index contributed by atoms with van der Waals surface area (Å²) in [6.45, 7) is 0. The number of hydrogen-bond acceptors (Lipinski definition) is 3. The molecule has 0 spiro atoms. The van der Waals surface area contributed by atoms with Crippen LogP contribution in [0, 0.1) is 0 Å². The number of anilines is 2. The summed E-state index contributed by atoms with van der Waals surface area (Å²) in [4.78, 5) is 25.9. The predicted molar refractivity (Wildman–Crippen MR) is 83.8 cm³/mol. The van der Waals surface area contributed by atoms with Crippen LogP contribution >= 0.6 is 31.9 Å². The van der Waals surface area contributed by atoms with Crippen LogP contribution in [0.15, 0.2) is 45.3 Å². The Bertz CT molecular complexity index is 701. The van der Waals surface area contributed by atoms with Crippen LogP contribution in [0.4, 0.5) is 11.4 Å². The number of nitrogen functional groups attached to an aromatic ring is 1. The van der Waals surface area contributed by atoms with E-state index in [1.165, 1.54) is 0 Å². The molecule has 2 amide bonds. The minimum absolute atomic E-state index is 0.325. The second kappa shape index (κ2) is 4.71. The van der Waals surface area contributed by atoms with Crippen LogP contribution in [-0.2, 0) is 0 Å². The number of nitrogens with zero attached hydrogens (tertiary/aromatic N) is 1. The number of hydrogen-bond donors (Lipinski definition) is 1. The van der Waals surface area contributed by atoms with Crippen LogP contribution in [0.25, 0.3) is 0 Å². The number of rotatable bonds is 1. The van der Waals surface area contributed by atoms with Crippen LogP contribution in [0.3, 0.4) is 0 Å². The number of nitrogens with two attached hydrogens (primary N) is 1. The van der Waals surface area contributed by atoms with Crippen molar-refractivity contribution >= 4 is 55.0 Å². The number of imide groups is 1. The third-order valence-electron chi connectivity index (χ3n) is 3.12. The van der Waals surface area contributed by atoms with Gasteiger partial charge in [0.05, 0.1) is 22.5 Å². The van der Waals surface area contributed by atoms with E-state index in [4.69, 9.17) is 5.73 Å². The van der Waals surface area contributed by atoms with E-state index in [1.54, 1.807) is 36.4 Å². The summed E-state index contributed by atoms with van der Waals surface area (Å²) in [5.41, 5.74) is 7.65. The van der Waals surface area contributed by atoms with Gasteiger partial charge in [-0.1, -0.05) is 12.1 Å². The average Bonchev–Trinajstić information content (AvgIpc) is 2.68. The Hall–Kier alpha value is -1.66. The van der Waals surface area contributed by atoms with E-state index in [1.807, 2.05) is 0 Å². The first kappa shape index (κ1) is 13.3. The first-order chi connectivity index (χ1) is 9.50. The number of benzene rings is 2. The van der Waals surface area contributed by atoms with Crippen molar-refractivity contribution in [1.82, 2.24) is 0 Å². The minimum Gasteiger partial charge on any atom is -0.397 e. The molecule has 6 heteroatoms. The molecule has 4 nitrogen and oxygen atoms in total.